The van der Waals surface area contributed by atoms with Gasteiger partial charge < -0.3 is 24.8 Å². The minimum absolute atomic E-state index is 0.0262. The number of fused-ring (bicyclic) bond motifs is 1. The van der Waals surface area contributed by atoms with E-state index in [1.807, 2.05) is 6.92 Å². The van der Waals surface area contributed by atoms with Gasteiger partial charge in [-0.2, -0.15) is 0 Å². The van der Waals surface area contributed by atoms with E-state index in [4.69, 9.17) is 9.47 Å². The van der Waals surface area contributed by atoms with Gasteiger partial charge in [0.15, 0.2) is 12.2 Å². The summed E-state index contributed by atoms with van der Waals surface area (Å²) in [5.74, 6) is -0.0948. The molecule has 1 heterocycles. The van der Waals surface area contributed by atoms with Gasteiger partial charge in [0.2, 0.25) is 5.78 Å². The Bertz CT molecular complexity index is 781. The lowest BCUT2D eigenvalue weighted by atomic mass is 9.90. The molecule has 3 rings (SSSR count). The van der Waals surface area contributed by atoms with Crippen molar-refractivity contribution >= 4 is 5.78 Å². The SMILES string of the molecule is CCc1c(O)cc(OC)c2c1OC(c1ccc(O)cc1)C(O)C2=O. The average molecular weight is 330 g/mol. The Morgan fingerprint density at radius 1 is 1.21 bits per heavy atom. The summed E-state index contributed by atoms with van der Waals surface area (Å²) in [6.07, 6.45) is -1.89. The third kappa shape index (κ3) is 2.45. The molecule has 24 heavy (non-hydrogen) atoms. The Hall–Kier alpha value is -2.73. The summed E-state index contributed by atoms with van der Waals surface area (Å²) in [5.41, 5.74) is 1.16. The lowest BCUT2D eigenvalue weighted by molar-refractivity contribution is 0.0206. The maximum Gasteiger partial charge on any atom is 0.202 e. The van der Waals surface area contributed by atoms with Crippen LogP contribution in [0, 0.1) is 0 Å². The van der Waals surface area contributed by atoms with Crippen molar-refractivity contribution in [3.63, 3.8) is 0 Å². The van der Waals surface area contributed by atoms with Gasteiger partial charge in [0, 0.05) is 11.6 Å². The zero-order valence-corrected chi connectivity index (χ0v) is 13.3. The fraction of sp³-hybridized carbons (Fsp3) is 0.278. The first-order valence-corrected chi connectivity index (χ1v) is 7.58. The Balaban J connectivity index is 2.16. The molecule has 0 aromatic heterocycles. The van der Waals surface area contributed by atoms with E-state index in [1.54, 1.807) is 12.1 Å². The second-order valence-electron chi connectivity index (χ2n) is 5.57. The summed E-state index contributed by atoms with van der Waals surface area (Å²) in [6, 6.07) is 7.41. The van der Waals surface area contributed by atoms with Gasteiger partial charge in [-0.25, -0.2) is 0 Å². The molecular formula is C18H18O6. The topological polar surface area (TPSA) is 96.2 Å². The molecule has 6 nitrogen and oxygen atoms in total. The molecule has 6 heteroatoms. The smallest absolute Gasteiger partial charge is 0.202 e. The molecule has 0 radical (unpaired) electrons. The normalized spacial score (nSPS) is 19.5. The number of rotatable bonds is 3. The monoisotopic (exact) mass is 330 g/mol. The Morgan fingerprint density at radius 3 is 2.46 bits per heavy atom. The molecule has 0 amide bonds. The minimum Gasteiger partial charge on any atom is -0.508 e. The standard InChI is InChI=1S/C18H18O6/c1-3-11-12(20)8-13(23-2)14-15(21)16(22)17(24-18(11)14)9-4-6-10(19)7-5-9/h4-8,16-17,19-20,22H,3H2,1-2H3. The summed E-state index contributed by atoms with van der Waals surface area (Å²) in [4.78, 5) is 12.7. The number of aliphatic hydroxyl groups is 1. The number of hydrogen-bond acceptors (Lipinski definition) is 6. The molecule has 0 saturated carbocycles. The molecule has 2 atom stereocenters. The summed E-state index contributed by atoms with van der Waals surface area (Å²) in [7, 11) is 1.38. The first-order valence-electron chi connectivity index (χ1n) is 7.58. The molecule has 2 aromatic carbocycles. The van der Waals surface area contributed by atoms with Gasteiger partial charge in [-0.1, -0.05) is 19.1 Å². The zero-order valence-electron chi connectivity index (χ0n) is 13.3. The predicted molar refractivity (Wildman–Crippen MR) is 85.8 cm³/mol. The van der Waals surface area contributed by atoms with E-state index < -0.39 is 18.0 Å². The van der Waals surface area contributed by atoms with Crippen LogP contribution in [0.25, 0.3) is 0 Å². The van der Waals surface area contributed by atoms with E-state index in [9.17, 15) is 20.1 Å². The molecule has 0 spiro atoms. The number of phenolic OH excluding ortho intramolecular Hbond substituents is 2. The highest BCUT2D eigenvalue weighted by molar-refractivity contribution is 6.06. The number of benzene rings is 2. The van der Waals surface area contributed by atoms with Crippen LogP contribution >= 0.6 is 0 Å². The van der Waals surface area contributed by atoms with E-state index in [2.05, 4.69) is 0 Å². The first kappa shape index (κ1) is 16.1. The van der Waals surface area contributed by atoms with Crippen molar-refractivity contribution in [3.05, 3.63) is 47.0 Å². The van der Waals surface area contributed by atoms with Gasteiger partial charge in [-0.15, -0.1) is 0 Å². The molecule has 0 aliphatic carbocycles. The number of Topliss-reactive ketones (excluding diaryl/α,β-unsaturated/α-hetero) is 1. The van der Waals surface area contributed by atoms with Gasteiger partial charge in [-0.05, 0) is 24.1 Å². The minimum atomic E-state index is -1.41. The Morgan fingerprint density at radius 2 is 1.88 bits per heavy atom. The Labute approximate surface area is 138 Å². The van der Waals surface area contributed by atoms with Gasteiger partial charge in [0.25, 0.3) is 0 Å². The fourth-order valence-electron chi connectivity index (χ4n) is 2.92. The highest BCUT2D eigenvalue weighted by Crippen LogP contribution is 2.45. The molecule has 0 fully saturated rings. The van der Waals surface area contributed by atoms with Crippen LogP contribution in [0.15, 0.2) is 30.3 Å². The van der Waals surface area contributed by atoms with Crippen LogP contribution in [0.3, 0.4) is 0 Å². The van der Waals surface area contributed by atoms with Crippen LogP contribution in [-0.2, 0) is 6.42 Å². The zero-order chi connectivity index (χ0) is 17.4. The van der Waals surface area contributed by atoms with E-state index >= 15 is 0 Å². The molecule has 2 unspecified atom stereocenters. The summed E-state index contributed by atoms with van der Waals surface area (Å²) < 4.78 is 11.1. The second kappa shape index (κ2) is 6.05. The average Bonchev–Trinajstić information content (AvgIpc) is 2.58. The van der Waals surface area contributed by atoms with E-state index in [-0.39, 0.29) is 28.6 Å². The molecule has 0 saturated heterocycles. The number of ketones is 1. The molecule has 3 N–H and O–H groups in total. The molecule has 0 bridgehead atoms. The van der Waals surface area contributed by atoms with Crippen LogP contribution in [-0.4, -0.2) is 34.3 Å². The van der Waals surface area contributed by atoms with E-state index in [1.165, 1.54) is 25.3 Å². The number of hydrogen-bond donors (Lipinski definition) is 3. The lowest BCUT2D eigenvalue weighted by Crippen LogP contribution is -2.37. The van der Waals surface area contributed by atoms with Crippen molar-refractivity contribution in [3.8, 4) is 23.0 Å². The molecule has 126 valence electrons. The van der Waals surface area contributed by atoms with Gasteiger partial charge in [0.05, 0.1) is 7.11 Å². The fourth-order valence-corrected chi connectivity index (χ4v) is 2.92. The molecule has 1 aliphatic rings. The number of methoxy groups -OCH3 is 1. The lowest BCUT2D eigenvalue weighted by Gasteiger charge is -2.32. The van der Waals surface area contributed by atoms with Crippen molar-refractivity contribution in [1.29, 1.82) is 0 Å². The third-order valence-corrected chi connectivity index (χ3v) is 4.17. The quantitative estimate of drug-likeness (QED) is 0.799. The highest BCUT2D eigenvalue weighted by atomic mass is 16.5. The van der Waals surface area contributed by atoms with E-state index in [0.29, 0.717) is 17.5 Å². The van der Waals surface area contributed by atoms with Crippen molar-refractivity contribution in [2.24, 2.45) is 0 Å². The van der Waals surface area contributed by atoms with E-state index in [0.717, 1.165) is 0 Å². The van der Waals surface area contributed by atoms with Gasteiger partial charge in [-0.3, -0.25) is 4.79 Å². The first-order chi connectivity index (χ1) is 11.5. The largest absolute Gasteiger partial charge is 0.508 e. The summed E-state index contributed by atoms with van der Waals surface area (Å²) >= 11 is 0. The summed E-state index contributed by atoms with van der Waals surface area (Å²) in [5, 5.41) is 30.0. The van der Waals surface area contributed by atoms with Crippen LogP contribution < -0.4 is 9.47 Å². The number of aromatic hydroxyl groups is 2. The van der Waals surface area contributed by atoms with Crippen molar-refractivity contribution in [2.75, 3.05) is 7.11 Å². The van der Waals surface area contributed by atoms with Gasteiger partial charge in [0.1, 0.15) is 28.6 Å². The van der Waals surface area contributed by atoms with Gasteiger partial charge >= 0.3 is 0 Å². The van der Waals surface area contributed by atoms with Crippen molar-refractivity contribution < 1.29 is 29.6 Å². The molecular weight excluding hydrogens is 312 g/mol. The number of carbonyl (C=O) groups is 1. The number of phenols is 2. The summed E-state index contributed by atoms with van der Waals surface area (Å²) in [6.45, 7) is 1.83. The molecule has 2 aromatic rings. The Kier molecular flexibility index (Phi) is 4.07. The van der Waals surface area contributed by atoms with Crippen LogP contribution in [0.2, 0.25) is 0 Å². The number of ether oxygens (including phenoxy) is 2. The maximum absolute atomic E-state index is 12.7. The van der Waals surface area contributed by atoms with Crippen LogP contribution in [0.4, 0.5) is 0 Å². The second-order valence-corrected chi connectivity index (χ2v) is 5.57. The number of carbonyl (C=O) groups excluding carboxylic acids is 1. The van der Waals surface area contributed by atoms with Crippen LogP contribution in [0.1, 0.15) is 34.5 Å². The maximum atomic E-state index is 12.7. The third-order valence-electron chi connectivity index (χ3n) is 4.17. The highest BCUT2D eigenvalue weighted by Gasteiger charge is 2.40. The van der Waals surface area contributed by atoms with Crippen LogP contribution in [0.5, 0.6) is 23.0 Å². The number of aliphatic hydroxyl groups excluding tert-OH is 1. The molecule has 1 aliphatic heterocycles. The van der Waals surface area contributed by atoms with Crippen molar-refractivity contribution in [2.45, 2.75) is 25.6 Å². The predicted octanol–water partition coefficient (Wildman–Crippen LogP) is 2.35. The van der Waals surface area contributed by atoms with Crippen molar-refractivity contribution in [1.82, 2.24) is 0 Å².